The summed E-state index contributed by atoms with van der Waals surface area (Å²) in [5, 5.41) is 11.7. The molecule has 0 spiro atoms. The largest absolute Gasteiger partial charge is 0.478 e. The van der Waals surface area contributed by atoms with Crippen LogP contribution in [0.2, 0.25) is 4.34 Å². The van der Waals surface area contributed by atoms with Crippen LogP contribution in [0.4, 0.5) is 10.1 Å². The predicted molar refractivity (Wildman–Crippen MR) is 74.9 cm³/mol. The molecule has 0 aliphatic heterocycles. The third kappa shape index (κ3) is 3.68. The summed E-state index contributed by atoms with van der Waals surface area (Å²) in [4.78, 5) is 11.8. The highest BCUT2D eigenvalue weighted by atomic mass is 35.5. The Kier molecular flexibility index (Phi) is 4.39. The number of rotatable bonds is 5. The Morgan fingerprint density at radius 1 is 1.37 bits per heavy atom. The van der Waals surface area contributed by atoms with Gasteiger partial charge in [0.15, 0.2) is 0 Å². The molecule has 19 heavy (non-hydrogen) atoms. The maximum absolute atomic E-state index is 13.6. The van der Waals surface area contributed by atoms with Gasteiger partial charge in [-0.2, -0.15) is 0 Å². The Morgan fingerprint density at radius 2 is 2.16 bits per heavy atom. The van der Waals surface area contributed by atoms with Crippen LogP contribution in [-0.4, -0.2) is 17.6 Å². The molecule has 0 bridgehead atoms. The van der Waals surface area contributed by atoms with Crippen molar-refractivity contribution < 1.29 is 14.3 Å². The molecule has 0 aliphatic rings. The van der Waals surface area contributed by atoms with E-state index in [4.69, 9.17) is 16.7 Å². The number of hydrogen-bond donors (Lipinski definition) is 2. The molecular formula is C13H11ClFNO2S. The van der Waals surface area contributed by atoms with Crippen molar-refractivity contribution >= 4 is 34.6 Å². The summed E-state index contributed by atoms with van der Waals surface area (Å²) in [7, 11) is 0. The van der Waals surface area contributed by atoms with E-state index in [2.05, 4.69) is 5.32 Å². The summed E-state index contributed by atoms with van der Waals surface area (Å²) in [5.74, 6) is -1.71. The fourth-order valence-electron chi connectivity index (χ4n) is 1.60. The number of anilines is 1. The second kappa shape index (κ2) is 6.04. The normalized spacial score (nSPS) is 10.4. The molecular weight excluding hydrogens is 289 g/mol. The van der Waals surface area contributed by atoms with Gasteiger partial charge >= 0.3 is 5.97 Å². The molecule has 0 radical (unpaired) electrons. The van der Waals surface area contributed by atoms with Crippen LogP contribution in [0.3, 0.4) is 0 Å². The van der Waals surface area contributed by atoms with E-state index < -0.39 is 11.8 Å². The van der Waals surface area contributed by atoms with Gasteiger partial charge in [-0.25, -0.2) is 9.18 Å². The fraction of sp³-hybridized carbons (Fsp3) is 0.154. The van der Waals surface area contributed by atoms with E-state index in [0.29, 0.717) is 12.2 Å². The summed E-state index contributed by atoms with van der Waals surface area (Å²) >= 11 is 7.30. The minimum absolute atomic E-state index is 0.0620. The van der Waals surface area contributed by atoms with Crippen molar-refractivity contribution in [2.75, 3.05) is 11.9 Å². The van der Waals surface area contributed by atoms with Gasteiger partial charge < -0.3 is 10.4 Å². The van der Waals surface area contributed by atoms with Crippen molar-refractivity contribution in [1.29, 1.82) is 0 Å². The molecule has 1 aromatic carbocycles. The number of halogens is 2. The van der Waals surface area contributed by atoms with Crippen molar-refractivity contribution in [3.05, 3.63) is 50.9 Å². The fourth-order valence-corrected chi connectivity index (χ4v) is 2.69. The molecule has 0 aliphatic carbocycles. The lowest BCUT2D eigenvalue weighted by atomic mass is 10.2. The van der Waals surface area contributed by atoms with E-state index in [9.17, 15) is 9.18 Å². The van der Waals surface area contributed by atoms with Gasteiger partial charge in [0.25, 0.3) is 0 Å². The van der Waals surface area contributed by atoms with Crippen LogP contribution < -0.4 is 5.32 Å². The first-order valence-corrected chi connectivity index (χ1v) is 6.76. The Balaban J connectivity index is 1.94. The van der Waals surface area contributed by atoms with E-state index in [1.165, 1.54) is 23.5 Å². The maximum atomic E-state index is 13.6. The predicted octanol–water partition coefficient (Wildman–Crippen LogP) is 3.89. The van der Waals surface area contributed by atoms with Crippen LogP contribution in [0.1, 0.15) is 15.2 Å². The summed E-state index contributed by atoms with van der Waals surface area (Å²) < 4.78 is 14.3. The van der Waals surface area contributed by atoms with Crippen molar-refractivity contribution in [3.8, 4) is 0 Å². The first kappa shape index (κ1) is 13.8. The molecule has 2 rings (SSSR count). The number of benzene rings is 1. The second-order valence-electron chi connectivity index (χ2n) is 3.88. The highest BCUT2D eigenvalue weighted by Gasteiger charge is 2.08. The van der Waals surface area contributed by atoms with Crippen LogP contribution in [0.15, 0.2) is 30.3 Å². The SMILES string of the molecule is O=C(O)c1ccc(NCCc2ccc(Cl)s2)c(F)c1. The van der Waals surface area contributed by atoms with E-state index in [-0.39, 0.29) is 5.56 Å². The van der Waals surface area contributed by atoms with Gasteiger partial charge in [0.05, 0.1) is 15.6 Å². The van der Waals surface area contributed by atoms with Gasteiger partial charge in [-0.1, -0.05) is 11.6 Å². The summed E-state index contributed by atoms with van der Waals surface area (Å²) in [6.45, 7) is 0.556. The molecule has 1 heterocycles. The van der Waals surface area contributed by atoms with E-state index in [0.717, 1.165) is 21.7 Å². The first-order chi connectivity index (χ1) is 9.06. The Morgan fingerprint density at radius 3 is 2.74 bits per heavy atom. The molecule has 0 saturated heterocycles. The molecule has 1 aromatic heterocycles. The van der Waals surface area contributed by atoms with Crippen LogP contribution in [-0.2, 0) is 6.42 Å². The standard InChI is InChI=1S/C13H11ClFNO2S/c14-12-4-2-9(19-12)5-6-16-11-3-1-8(13(17)18)7-10(11)15/h1-4,7,16H,5-6H2,(H,17,18). The van der Waals surface area contributed by atoms with Crippen LogP contribution in [0, 0.1) is 5.82 Å². The van der Waals surface area contributed by atoms with Crippen molar-refractivity contribution in [1.82, 2.24) is 0 Å². The van der Waals surface area contributed by atoms with Gasteiger partial charge in [0, 0.05) is 11.4 Å². The lowest BCUT2D eigenvalue weighted by Gasteiger charge is -2.07. The second-order valence-corrected chi connectivity index (χ2v) is 5.68. The molecule has 0 unspecified atom stereocenters. The van der Waals surface area contributed by atoms with E-state index in [1.807, 2.05) is 12.1 Å². The molecule has 2 aromatic rings. The van der Waals surface area contributed by atoms with Crippen molar-refractivity contribution in [2.45, 2.75) is 6.42 Å². The minimum Gasteiger partial charge on any atom is -0.478 e. The van der Waals surface area contributed by atoms with E-state index in [1.54, 1.807) is 0 Å². The number of carboxylic acid groups (broad SMARTS) is 1. The quantitative estimate of drug-likeness (QED) is 0.880. The Hall–Kier alpha value is -1.59. The van der Waals surface area contributed by atoms with Crippen LogP contribution in [0.25, 0.3) is 0 Å². The lowest BCUT2D eigenvalue weighted by molar-refractivity contribution is 0.0696. The number of aromatic carboxylic acids is 1. The summed E-state index contributed by atoms with van der Waals surface area (Å²) in [5.41, 5.74) is 0.237. The highest BCUT2D eigenvalue weighted by Crippen LogP contribution is 2.22. The third-order valence-corrected chi connectivity index (χ3v) is 3.82. The molecule has 6 heteroatoms. The summed E-state index contributed by atoms with van der Waals surface area (Å²) in [6, 6.07) is 7.56. The highest BCUT2D eigenvalue weighted by molar-refractivity contribution is 7.16. The Bertz CT molecular complexity index is 600. The van der Waals surface area contributed by atoms with Crippen LogP contribution in [0.5, 0.6) is 0 Å². The zero-order valence-electron chi connectivity index (χ0n) is 9.82. The van der Waals surface area contributed by atoms with Gasteiger partial charge in [0.1, 0.15) is 5.82 Å². The zero-order valence-corrected chi connectivity index (χ0v) is 11.4. The van der Waals surface area contributed by atoms with Gasteiger partial charge in [0.2, 0.25) is 0 Å². The molecule has 2 N–H and O–H groups in total. The smallest absolute Gasteiger partial charge is 0.335 e. The van der Waals surface area contributed by atoms with Crippen molar-refractivity contribution in [3.63, 3.8) is 0 Å². The number of carboxylic acids is 1. The van der Waals surface area contributed by atoms with Gasteiger partial charge in [-0.15, -0.1) is 11.3 Å². The lowest BCUT2D eigenvalue weighted by Crippen LogP contribution is -2.06. The average molecular weight is 300 g/mol. The topological polar surface area (TPSA) is 49.3 Å². The molecule has 0 amide bonds. The van der Waals surface area contributed by atoms with Crippen LogP contribution >= 0.6 is 22.9 Å². The number of hydrogen-bond acceptors (Lipinski definition) is 3. The molecule has 3 nitrogen and oxygen atoms in total. The number of carbonyl (C=O) groups is 1. The Labute approximate surface area is 118 Å². The molecule has 0 fully saturated rings. The van der Waals surface area contributed by atoms with Gasteiger partial charge in [-0.05, 0) is 36.8 Å². The maximum Gasteiger partial charge on any atom is 0.335 e. The van der Waals surface area contributed by atoms with Crippen molar-refractivity contribution in [2.24, 2.45) is 0 Å². The molecule has 100 valence electrons. The molecule has 0 saturated carbocycles. The summed E-state index contributed by atoms with van der Waals surface area (Å²) in [6.07, 6.45) is 0.734. The first-order valence-electron chi connectivity index (χ1n) is 5.57. The third-order valence-electron chi connectivity index (χ3n) is 2.53. The monoisotopic (exact) mass is 299 g/mol. The minimum atomic E-state index is -1.14. The average Bonchev–Trinajstić information content (AvgIpc) is 2.77. The van der Waals surface area contributed by atoms with Gasteiger partial charge in [-0.3, -0.25) is 0 Å². The van der Waals surface area contributed by atoms with E-state index >= 15 is 0 Å². The zero-order chi connectivity index (χ0) is 13.8. The number of thiophene rings is 1. The number of nitrogens with one attached hydrogen (secondary N) is 1. The molecule has 0 atom stereocenters.